The molecular weight excluding hydrogens is 342 g/mol. The van der Waals surface area contributed by atoms with Crippen LogP contribution in [-0.4, -0.2) is 24.7 Å². The third kappa shape index (κ3) is 7.52. The molecule has 1 atom stereocenters. The van der Waals surface area contributed by atoms with Crippen molar-refractivity contribution in [1.82, 2.24) is 5.32 Å². The summed E-state index contributed by atoms with van der Waals surface area (Å²) in [5.41, 5.74) is 1.51. The zero-order valence-electron chi connectivity index (χ0n) is 16.1. The largest absolute Gasteiger partial charge is 0.463 e. The number of alkyl carbamates (subject to hydrolysis) is 1. The maximum atomic E-state index is 12.1. The van der Waals surface area contributed by atoms with Crippen molar-refractivity contribution in [3.8, 4) is 0 Å². The van der Waals surface area contributed by atoms with Gasteiger partial charge >= 0.3 is 12.1 Å². The molecule has 1 unspecified atom stereocenters. The Bertz CT molecular complexity index is 723. The van der Waals surface area contributed by atoms with Crippen LogP contribution in [0.25, 0.3) is 0 Å². The van der Waals surface area contributed by atoms with Crippen molar-refractivity contribution in [1.29, 1.82) is 0 Å². The molecule has 0 saturated heterocycles. The first kappa shape index (κ1) is 20.5. The molecule has 5 heteroatoms. The predicted octanol–water partition coefficient (Wildman–Crippen LogP) is 4.11. The van der Waals surface area contributed by atoms with Crippen molar-refractivity contribution in [2.75, 3.05) is 6.61 Å². The van der Waals surface area contributed by atoms with Crippen LogP contribution < -0.4 is 5.32 Å². The van der Waals surface area contributed by atoms with Crippen LogP contribution in [0.5, 0.6) is 0 Å². The van der Waals surface area contributed by atoms with Crippen LogP contribution in [0.4, 0.5) is 4.79 Å². The predicted molar refractivity (Wildman–Crippen MR) is 104 cm³/mol. The number of esters is 1. The Morgan fingerprint density at radius 1 is 0.889 bits per heavy atom. The fraction of sp³-hybridized carbons (Fsp3) is 0.364. The van der Waals surface area contributed by atoms with Gasteiger partial charge in [0.1, 0.15) is 13.2 Å². The summed E-state index contributed by atoms with van der Waals surface area (Å²) in [6.45, 7) is 6.20. The van der Waals surface area contributed by atoms with E-state index in [4.69, 9.17) is 9.47 Å². The van der Waals surface area contributed by atoms with Crippen molar-refractivity contribution >= 4 is 12.1 Å². The zero-order valence-corrected chi connectivity index (χ0v) is 16.1. The molecule has 1 amide bonds. The maximum absolute atomic E-state index is 12.1. The van der Waals surface area contributed by atoms with Crippen LogP contribution in [0, 0.1) is 5.41 Å². The smallest absolute Gasteiger partial charge is 0.407 e. The van der Waals surface area contributed by atoms with Crippen molar-refractivity contribution < 1.29 is 19.1 Å². The van der Waals surface area contributed by atoms with Crippen molar-refractivity contribution in [3.63, 3.8) is 0 Å². The molecule has 0 aliphatic heterocycles. The Kier molecular flexibility index (Phi) is 7.41. The monoisotopic (exact) mass is 369 g/mol. The number of rotatable bonds is 7. The molecule has 0 aromatic heterocycles. The van der Waals surface area contributed by atoms with Gasteiger partial charge in [0.2, 0.25) is 0 Å². The minimum absolute atomic E-state index is 0.0929. The molecule has 0 radical (unpaired) electrons. The molecule has 0 saturated carbocycles. The van der Waals surface area contributed by atoms with Gasteiger partial charge in [-0.3, -0.25) is 4.79 Å². The van der Waals surface area contributed by atoms with E-state index in [1.54, 1.807) is 0 Å². The SMILES string of the molecule is CC(C)(C)C(COC(=O)Cc1ccccc1)NC(=O)OCc1ccccc1. The van der Waals surface area contributed by atoms with E-state index in [0.29, 0.717) is 0 Å². The van der Waals surface area contributed by atoms with Gasteiger partial charge < -0.3 is 14.8 Å². The third-order valence-corrected chi connectivity index (χ3v) is 4.15. The molecule has 2 aromatic rings. The fourth-order valence-corrected chi connectivity index (χ4v) is 2.41. The average molecular weight is 369 g/mol. The highest BCUT2D eigenvalue weighted by Gasteiger charge is 2.28. The van der Waals surface area contributed by atoms with E-state index in [2.05, 4.69) is 5.32 Å². The van der Waals surface area contributed by atoms with E-state index in [1.807, 2.05) is 81.4 Å². The Hall–Kier alpha value is -2.82. The number of nitrogens with one attached hydrogen (secondary N) is 1. The molecular formula is C22H27NO4. The summed E-state index contributed by atoms with van der Waals surface area (Å²) >= 11 is 0. The number of carbonyl (C=O) groups excluding carboxylic acids is 2. The second kappa shape index (κ2) is 9.76. The van der Waals surface area contributed by atoms with E-state index < -0.39 is 6.09 Å². The quantitative estimate of drug-likeness (QED) is 0.746. The van der Waals surface area contributed by atoms with Gasteiger partial charge in [-0.15, -0.1) is 0 Å². The summed E-state index contributed by atoms with van der Waals surface area (Å²) < 4.78 is 10.7. The molecule has 0 fully saturated rings. The second-order valence-electron chi connectivity index (χ2n) is 7.47. The summed E-state index contributed by atoms with van der Waals surface area (Å²) in [4.78, 5) is 24.2. The van der Waals surface area contributed by atoms with E-state index in [1.165, 1.54) is 0 Å². The normalized spacial score (nSPS) is 12.1. The minimum Gasteiger partial charge on any atom is -0.463 e. The topological polar surface area (TPSA) is 64.6 Å². The summed E-state index contributed by atoms with van der Waals surface area (Å²) in [5.74, 6) is -0.324. The molecule has 2 rings (SSSR count). The van der Waals surface area contributed by atoms with Crippen molar-refractivity contribution in [2.45, 2.75) is 39.8 Å². The highest BCUT2D eigenvalue weighted by Crippen LogP contribution is 2.20. The first-order valence-electron chi connectivity index (χ1n) is 9.01. The van der Waals surface area contributed by atoms with Gasteiger partial charge in [0.15, 0.2) is 0 Å². The van der Waals surface area contributed by atoms with Gasteiger partial charge in [0.25, 0.3) is 0 Å². The molecule has 2 aromatic carbocycles. The number of benzene rings is 2. The van der Waals surface area contributed by atoms with E-state index >= 15 is 0 Å². The molecule has 1 N–H and O–H groups in total. The highest BCUT2D eigenvalue weighted by molar-refractivity contribution is 5.72. The van der Waals surface area contributed by atoms with Gasteiger partial charge in [0, 0.05) is 0 Å². The summed E-state index contributed by atoms with van der Waals surface area (Å²) in [6.07, 6.45) is -0.325. The van der Waals surface area contributed by atoms with Crippen LogP contribution in [0.1, 0.15) is 31.9 Å². The lowest BCUT2D eigenvalue weighted by Gasteiger charge is -2.30. The van der Waals surface area contributed by atoms with Crippen molar-refractivity contribution in [2.24, 2.45) is 5.41 Å². The first-order valence-corrected chi connectivity index (χ1v) is 9.01. The van der Waals surface area contributed by atoms with Gasteiger partial charge in [-0.2, -0.15) is 0 Å². The van der Waals surface area contributed by atoms with Gasteiger partial charge in [-0.1, -0.05) is 81.4 Å². The first-order chi connectivity index (χ1) is 12.8. The van der Waals surface area contributed by atoms with Crippen LogP contribution in [-0.2, 0) is 27.3 Å². The molecule has 0 bridgehead atoms. The second-order valence-corrected chi connectivity index (χ2v) is 7.47. The molecule has 0 heterocycles. The number of hydrogen-bond acceptors (Lipinski definition) is 4. The van der Waals surface area contributed by atoms with Crippen molar-refractivity contribution in [3.05, 3.63) is 71.8 Å². The zero-order chi connectivity index (χ0) is 19.7. The Morgan fingerprint density at radius 2 is 1.44 bits per heavy atom. The van der Waals surface area contributed by atoms with Gasteiger partial charge in [-0.25, -0.2) is 4.79 Å². The Labute approximate surface area is 160 Å². The highest BCUT2D eigenvalue weighted by atomic mass is 16.6. The van der Waals surface area contributed by atoms with Gasteiger partial charge in [0.05, 0.1) is 12.5 Å². The standard InChI is InChI=1S/C22H27NO4/c1-22(2,3)19(16-26-20(24)14-17-10-6-4-7-11-17)23-21(25)27-15-18-12-8-5-9-13-18/h4-13,19H,14-16H2,1-3H3,(H,23,25). The molecule has 0 spiro atoms. The maximum Gasteiger partial charge on any atom is 0.407 e. The fourth-order valence-electron chi connectivity index (χ4n) is 2.41. The average Bonchev–Trinajstić information content (AvgIpc) is 2.64. The minimum atomic E-state index is -0.530. The molecule has 0 aliphatic carbocycles. The summed E-state index contributed by atoms with van der Waals surface area (Å²) in [6, 6.07) is 18.5. The Balaban J connectivity index is 1.83. The molecule has 144 valence electrons. The third-order valence-electron chi connectivity index (χ3n) is 4.15. The summed E-state index contributed by atoms with van der Waals surface area (Å²) in [5, 5.41) is 2.81. The van der Waals surface area contributed by atoms with E-state index in [-0.39, 0.29) is 37.1 Å². The lowest BCUT2D eigenvalue weighted by atomic mass is 9.87. The van der Waals surface area contributed by atoms with E-state index in [0.717, 1.165) is 11.1 Å². The molecule has 0 aliphatic rings. The van der Waals surface area contributed by atoms with Gasteiger partial charge in [-0.05, 0) is 16.5 Å². The summed E-state index contributed by atoms with van der Waals surface area (Å²) in [7, 11) is 0. The molecule has 27 heavy (non-hydrogen) atoms. The lowest BCUT2D eigenvalue weighted by Crippen LogP contribution is -2.47. The number of ether oxygens (including phenoxy) is 2. The van der Waals surface area contributed by atoms with Crippen LogP contribution in [0.15, 0.2) is 60.7 Å². The van der Waals surface area contributed by atoms with Crippen LogP contribution in [0.2, 0.25) is 0 Å². The number of hydrogen-bond donors (Lipinski definition) is 1. The van der Waals surface area contributed by atoms with E-state index in [9.17, 15) is 9.59 Å². The Morgan fingerprint density at radius 3 is 2.00 bits per heavy atom. The van der Waals surface area contributed by atoms with Crippen LogP contribution >= 0.6 is 0 Å². The molecule has 5 nitrogen and oxygen atoms in total. The number of carbonyl (C=O) groups is 2. The number of amides is 1. The van der Waals surface area contributed by atoms with Crippen LogP contribution in [0.3, 0.4) is 0 Å². The lowest BCUT2D eigenvalue weighted by molar-refractivity contribution is -0.144.